The second-order valence-electron chi connectivity index (χ2n) is 6.21. The molecule has 27 heavy (non-hydrogen) atoms. The molecule has 0 aliphatic heterocycles. The van der Waals surface area contributed by atoms with Crippen molar-refractivity contribution >= 4 is 34.1 Å². The van der Waals surface area contributed by atoms with Crippen LogP contribution in [0, 0.1) is 6.92 Å². The van der Waals surface area contributed by atoms with Gasteiger partial charge in [0, 0.05) is 20.5 Å². The Labute approximate surface area is 163 Å². The molecule has 0 unspecified atom stereocenters. The molecule has 144 valence electrons. The Kier molecular flexibility index (Phi) is 7.12. The van der Waals surface area contributed by atoms with Crippen LogP contribution in [-0.4, -0.2) is 43.4 Å². The number of esters is 1. The van der Waals surface area contributed by atoms with Crippen molar-refractivity contribution in [3.63, 3.8) is 0 Å². The van der Waals surface area contributed by atoms with Gasteiger partial charge in [0.25, 0.3) is 5.91 Å². The van der Waals surface area contributed by atoms with E-state index in [1.807, 2.05) is 30.3 Å². The Morgan fingerprint density at radius 3 is 2.41 bits per heavy atom. The van der Waals surface area contributed by atoms with Gasteiger partial charge in [-0.2, -0.15) is 0 Å². The van der Waals surface area contributed by atoms with E-state index in [0.29, 0.717) is 21.9 Å². The minimum absolute atomic E-state index is 0.213. The van der Waals surface area contributed by atoms with Crippen LogP contribution in [0.15, 0.2) is 30.3 Å². The maximum atomic E-state index is 12.4. The third kappa shape index (κ3) is 5.17. The van der Waals surface area contributed by atoms with Gasteiger partial charge in [0.15, 0.2) is 0 Å². The zero-order chi connectivity index (χ0) is 20.0. The smallest absolute Gasteiger partial charge is 0.341 e. The van der Waals surface area contributed by atoms with E-state index in [1.54, 1.807) is 27.9 Å². The number of ether oxygens (including phenoxy) is 1. The molecule has 0 spiro atoms. The number of carbonyl (C=O) groups excluding carboxylic acids is 3. The average Bonchev–Trinajstić information content (AvgIpc) is 2.96. The van der Waals surface area contributed by atoms with Crippen molar-refractivity contribution in [2.24, 2.45) is 0 Å². The summed E-state index contributed by atoms with van der Waals surface area (Å²) in [7, 11) is 3.29. The summed E-state index contributed by atoms with van der Waals surface area (Å²) >= 11 is 1.10. The molecule has 6 nitrogen and oxygen atoms in total. The fraction of sp³-hybridized carbons (Fsp3) is 0.350. The van der Waals surface area contributed by atoms with E-state index in [-0.39, 0.29) is 30.4 Å². The summed E-state index contributed by atoms with van der Waals surface area (Å²) in [6.07, 6.45) is 0.870. The minimum atomic E-state index is -0.539. The molecule has 1 N–H and O–H groups in total. The van der Waals surface area contributed by atoms with E-state index in [0.717, 1.165) is 16.9 Å². The van der Waals surface area contributed by atoms with Crippen molar-refractivity contribution in [1.82, 2.24) is 4.90 Å². The normalized spacial score (nSPS) is 10.4. The summed E-state index contributed by atoms with van der Waals surface area (Å²) < 4.78 is 5.11. The average molecular weight is 388 g/mol. The predicted molar refractivity (Wildman–Crippen MR) is 106 cm³/mol. The molecule has 0 saturated carbocycles. The molecular weight excluding hydrogens is 364 g/mol. The van der Waals surface area contributed by atoms with Crippen LogP contribution >= 0.6 is 11.3 Å². The number of anilines is 1. The van der Waals surface area contributed by atoms with Gasteiger partial charge in [-0.05, 0) is 31.4 Å². The van der Waals surface area contributed by atoms with E-state index in [2.05, 4.69) is 5.32 Å². The highest BCUT2D eigenvalue weighted by molar-refractivity contribution is 7.18. The van der Waals surface area contributed by atoms with E-state index >= 15 is 0 Å². The predicted octanol–water partition coefficient (Wildman–Crippen LogP) is 3.51. The van der Waals surface area contributed by atoms with Crippen LogP contribution in [0.4, 0.5) is 5.00 Å². The first-order chi connectivity index (χ1) is 12.8. The number of hydrogen-bond donors (Lipinski definition) is 1. The standard InChI is InChI=1S/C20H24N2O4S/c1-5-26-20(25)16-13(2)17(19(24)22(3)4)27-18(16)21-15(23)12-11-14-9-7-6-8-10-14/h6-10H,5,11-12H2,1-4H3,(H,21,23). The van der Waals surface area contributed by atoms with Crippen molar-refractivity contribution < 1.29 is 19.1 Å². The molecule has 0 aliphatic rings. The molecule has 0 fully saturated rings. The number of benzene rings is 1. The van der Waals surface area contributed by atoms with E-state index in [4.69, 9.17) is 4.74 Å². The number of rotatable bonds is 7. The summed E-state index contributed by atoms with van der Waals surface area (Å²) in [5.41, 5.74) is 1.83. The molecule has 1 aromatic heterocycles. The molecule has 1 aromatic carbocycles. The van der Waals surface area contributed by atoms with Crippen molar-refractivity contribution in [3.8, 4) is 0 Å². The number of amides is 2. The summed E-state index contributed by atoms with van der Waals surface area (Å²) in [5.74, 6) is -0.968. The molecule has 0 radical (unpaired) electrons. The summed E-state index contributed by atoms with van der Waals surface area (Å²) in [5, 5.41) is 3.14. The van der Waals surface area contributed by atoms with Crippen LogP contribution in [0.2, 0.25) is 0 Å². The van der Waals surface area contributed by atoms with Gasteiger partial charge < -0.3 is 15.0 Å². The van der Waals surface area contributed by atoms with Gasteiger partial charge in [-0.25, -0.2) is 4.79 Å². The van der Waals surface area contributed by atoms with Crippen molar-refractivity contribution in [2.75, 3.05) is 26.0 Å². The summed E-state index contributed by atoms with van der Waals surface area (Å²) in [4.78, 5) is 39.0. The molecule has 2 aromatic rings. The zero-order valence-corrected chi connectivity index (χ0v) is 16.8. The van der Waals surface area contributed by atoms with Gasteiger partial charge in [0.2, 0.25) is 5.91 Å². The molecule has 2 amide bonds. The molecular formula is C20H24N2O4S. The third-order valence-electron chi connectivity index (χ3n) is 3.96. The lowest BCUT2D eigenvalue weighted by molar-refractivity contribution is -0.116. The Balaban J connectivity index is 2.22. The molecule has 0 bridgehead atoms. The largest absolute Gasteiger partial charge is 0.462 e. The number of carbonyl (C=O) groups is 3. The Morgan fingerprint density at radius 2 is 1.81 bits per heavy atom. The second-order valence-corrected chi connectivity index (χ2v) is 7.23. The molecule has 1 heterocycles. The van der Waals surface area contributed by atoms with Crippen molar-refractivity contribution in [2.45, 2.75) is 26.7 Å². The second kappa shape index (κ2) is 9.32. The molecule has 7 heteroatoms. The number of aryl methyl sites for hydroxylation is 1. The number of hydrogen-bond acceptors (Lipinski definition) is 5. The number of nitrogens with one attached hydrogen (secondary N) is 1. The van der Waals surface area contributed by atoms with Gasteiger partial charge in [-0.15, -0.1) is 11.3 Å². The first kappa shape index (κ1) is 20.6. The maximum absolute atomic E-state index is 12.4. The van der Waals surface area contributed by atoms with Crippen molar-refractivity contribution in [1.29, 1.82) is 0 Å². The highest BCUT2D eigenvalue weighted by Gasteiger charge is 2.27. The quantitative estimate of drug-likeness (QED) is 0.737. The third-order valence-corrected chi connectivity index (χ3v) is 5.16. The monoisotopic (exact) mass is 388 g/mol. The topological polar surface area (TPSA) is 75.7 Å². The van der Waals surface area contributed by atoms with Gasteiger partial charge >= 0.3 is 5.97 Å². The zero-order valence-electron chi connectivity index (χ0n) is 16.0. The van der Waals surface area contributed by atoms with Crippen LogP contribution in [-0.2, 0) is 16.0 Å². The van der Waals surface area contributed by atoms with Gasteiger partial charge in [-0.1, -0.05) is 30.3 Å². The maximum Gasteiger partial charge on any atom is 0.341 e. The summed E-state index contributed by atoms with van der Waals surface area (Å²) in [6.45, 7) is 3.62. The highest BCUT2D eigenvalue weighted by atomic mass is 32.1. The Hall–Kier alpha value is -2.67. The van der Waals surface area contributed by atoms with Crippen LogP contribution < -0.4 is 5.32 Å². The van der Waals surface area contributed by atoms with E-state index in [9.17, 15) is 14.4 Å². The van der Waals surface area contributed by atoms with Gasteiger partial charge in [-0.3, -0.25) is 9.59 Å². The molecule has 0 aliphatic carbocycles. The van der Waals surface area contributed by atoms with Crippen LogP contribution in [0.1, 0.15) is 44.5 Å². The van der Waals surface area contributed by atoms with E-state index in [1.165, 1.54) is 4.90 Å². The molecule has 0 saturated heterocycles. The van der Waals surface area contributed by atoms with E-state index < -0.39 is 5.97 Å². The lowest BCUT2D eigenvalue weighted by Gasteiger charge is -2.09. The fourth-order valence-corrected chi connectivity index (χ4v) is 3.78. The van der Waals surface area contributed by atoms with Gasteiger partial charge in [0.1, 0.15) is 5.00 Å². The minimum Gasteiger partial charge on any atom is -0.462 e. The Morgan fingerprint density at radius 1 is 1.15 bits per heavy atom. The molecule has 0 atom stereocenters. The lowest BCUT2D eigenvalue weighted by atomic mass is 10.1. The van der Waals surface area contributed by atoms with Gasteiger partial charge in [0.05, 0.1) is 17.0 Å². The van der Waals surface area contributed by atoms with Crippen LogP contribution in [0.25, 0.3) is 0 Å². The van der Waals surface area contributed by atoms with Crippen LogP contribution in [0.5, 0.6) is 0 Å². The summed E-state index contributed by atoms with van der Waals surface area (Å²) in [6, 6.07) is 9.69. The first-order valence-corrected chi connectivity index (χ1v) is 9.52. The SMILES string of the molecule is CCOC(=O)c1c(NC(=O)CCc2ccccc2)sc(C(=O)N(C)C)c1C. The van der Waals surface area contributed by atoms with Crippen molar-refractivity contribution in [3.05, 3.63) is 51.9 Å². The number of nitrogens with zero attached hydrogens (tertiary/aromatic N) is 1. The fourth-order valence-electron chi connectivity index (χ4n) is 2.55. The lowest BCUT2D eigenvalue weighted by Crippen LogP contribution is -2.21. The highest BCUT2D eigenvalue weighted by Crippen LogP contribution is 2.34. The number of thiophene rings is 1. The molecule has 2 rings (SSSR count). The Bertz CT molecular complexity index is 828. The van der Waals surface area contributed by atoms with Crippen LogP contribution in [0.3, 0.4) is 0 Å². The first-order valence-electron chi connectivity index (χ1n) is 8.71.